The van der Waals surface area contributed by atoms with Gasteiger partial charge in [0.15, 0.2) is 0 Å². The predicted molar refractivity (Wildman–Crippen MR) is 59.3 cm³/mol. The van der Waals surface area contributed by atoms with Gasteiger partial charge in [0, 0.05) is 0 Å². The highest BCUT2D eigenvalue weighted by molar-refractivity contribution is 5.36. The van der Waals surface area contributed by atoms with E-state index in [1.807, 2.05) is 45.9 Å². The van der Waals surface area contributed by atoms with Crippen LogP contribution in [0.25, 0.3) is 0 Å². The molecule has 0 aliphatic rings. The van der Waals surface area contributed by atoms with Gasteiger partial charge in [-0.1, -0.05) is 51.3 Å². The molecule has 0 heterocycles. The van der Waals surface area contributed by atoms with Gasteiger partial charge in [0.1, 0.15) is 0 Å². The van der Waals surface area contributed by atoms with Gasteiger partial charge in [-0.15, -0.1) is 0 Å². The Balaban J connectivity index is 0. The summed E-state index contributed by atoms with van der Waals surface area (Å²) < 4.78 is 0. The smallest absolute Gasteiger partial charge is 0.0303 e. The third-order valence-corrected chi connectivity index (χ3v) is 1.37. The van der Waals surface area contributed by atoms with Crippen LogP contribution in [0.3, 0.4) is 0 Å². The van der Waals surface area contributed by atoms with Gasteiger partial charge in [-0.25, -0.2) is 0 Å². The lowest BCUT2D eigenvalue weighted by atomic mass is 10.1. The quantitative estimate of drug-likeness (QED) is 0.546. The molecule has 12 heavy (non-hydrogen) atoms. The maximum atomic E-state index is 3.86. The molecule has 0 bridgehead atoms. The van der Waals surface area contributed by atoms with E-state index >= 15 is 0 Å². The van der Waals surface area contributed by atoms with Crippen LogP contribution < -0.4 is 0 Å². The molecule has 0 N–H and O–H groups in total. The number of hydrogen-bond donors (Lipinski definition) is 0. The fourth-order valence-corrected chi connectivity index (χ4v) is 0.501. The molecule has 0 spiro atoms. The lowest BCUT2D eigenvalue weighted by Crippen LogP contribution is -1.75. The van der Waals surface area contributed by atoms with Crippen LogP contribution in [0.2, 0.25) is 0 Å². The SMILES string of the molecule is C=C/C=C\C(=C)/C(C)=C\C.CC. The van der Waals surface area contributed by atoms with Crippen LogP contribution in [0.15, 0.2) is 48.6 Å². The molecule has 0 fully saturated rings. The summed E-state index contributed by atoms with van der Waals surface area (Å²) in [5.74, 6) is 0. The highest BCUT2D eigenvalue weighted by atomic mass is 13.9. The summed E-state index contributed by atoms with van der Waals surface area (Å²) in [5, 5.41) is 0. The molecule has 0 aliphatic heterocycles. The van der Waals surface area contributed by atoms with Crippen LogP contribution in [0.5, 0.6) is 0 Å². The lowest BCUT2D eigenvalue weighted by Gasteiger charge is -1.95. The third-order valence-electron chi connectivity index (χ3n) is 1.37. The minimum absolute atomic E-state index is 1.04. The molecule has 0 aromatic carbocycles. The molecule has 68 valence electrons. The first-order valence-electron chi connectivity index (χ1n) is 4.33. The minimum Gasteiger partial charge on any atom is -0.0991 e. The van der Waals surface area contributed by atoms with E-state index in [1.165, 1.54) is 5.57 Å². The van der Waals surface area contributed by atoms with Crippen molar-refractivity contribution < 1.29 is 0 Å². The fraction of sp³-hybridized carbons (Fsp3) is 0.333. The Hall–Kier alpha value is -1.04. The van der Waals surface area contributed by atoms with Crippen molar-refractivity contribution in [2.24, 2.45) is 0 Å². The zero-order valence-electron chi connectivity index (χ0n) is 8.72. The molecule has 0 aromatic rings. The van der Waals surface area contributed by atoms with Crippen molar-refractivity contribution in [1.82, 2.24) is 0 Å². The first-order chi connectivity index (χ1) is 5.72. The summed E-state index contributed by atoms with van der Waals surface area (Å²) >= 11 is 0. The number of allylic oxidation sites excluding steroid dienone is 6. The maximum absolute atomic E-state index is 3.86. The van der Waals surface area contributed by atoms with Gasteiger partial charge in [-0.05, 0) is 25.0 Å². The molecule has 0 saturated heterocycles. The lowest BCUT2D eigenvalue weighted by molar-refractivity contribution is 1.41. The normalized spacial score (nSPS) is 10.5. The molecular formula is C12H20. The van der Waals surface area contributed by atoms with Gasteiger partial charge < -0.3 is 0 Å². The Morgan fingerprint density at radius 1 is 1.25 bits per heavy atom. The number of hydrogen-bond acceptors (Lipinski definition) is 0. The zero-order valence-corrected chi connectivity index (χ0v) is 8.72. The van der Waals surface area contributed by atoms with E-state index in [0.29, 0.717) is 0 Å². The Labute approximate surface area is 77.0 Å². The Bertz CT molecular complexity index is 180. The first-order valence-corrected chi connectivity index (χ1v) is 4.33. The van der Waals surface area contributed by atoms with E-state index in [4.69, 9.17) is 0 Å². The number of rotatable bonds is 3. The average molecular weight is 164 g/mol. The summed E-state index contributed by atoms with van der Waals surface area (Å²) in [6.07, 6.45) is 7.61. The van der Waals surface area contributed by atoms with Crippen LogP contribution >= 0.6 is 0 Å². The van der Waals surface area contributed by atoms with Crippen molar-refractivity contribution in [2.75, 3.05) is 0 Å². The van der Waals surface area contributed by atoms with Crippen molar-refractivity contribution in [3.05, 3.63) is 48.6 Å². The van der Waals surface area contributed by atoms with Gasteiger partial charge in [0.25, 0.3) is 0 Å². The van der Waals surface area contributed by atoms with Crippen molar-refractivity contribution in [2.45, 2.75) is 27.7 Å². The molecular weight excluding hydrogens is 144 g/mol. The third kappa shape index (κ3) is 7.07. The summed E-state index contributed by atoms with van der Waals surface area (Å²) in [7, 11) is 0. The van der Waals surface area contributed by atoms with Crippen molar-refractivity contribution in [1.29, 1.82) is 0 Å². The Morgan fingerprint density at radius 2 is 1.75 bits per heavy atom. The van der Waals surface area contributed by atoms with Gasteiger partial charge in [0.2, 0.25) is 0 Å². The maximum Gasteiger partial charge on any atom is -0.0303 e. The molecule has 0 aromatic heterocycles. The molecule has 0 heteroatoms. The second-order valence-electron chi connectivity index (χ2n) is 2.09. The Morgan fingerprint density at radius 3 is 2.08 bits per heavy atom. The summed E-state index contributed by atoms with van der Waals surface area (Å²) in [6, 6.07) is 0. The largest absolute Gasteiger partial charge is 0.0991 e. The van der Waals surface area contributed by atoms with Crippen LogP contribution in [-0.2, 0) is 0 Å². The molecule has 0 rings (SSSR count). The second kappa shape index (κ2) is 9.96. The highest BCUT2D eigenvalue weighted by Gasteiger charge is 1.86. The molecule has 0 radical (unpaired) electrons. The molecule has 0 nitrogen and oxygen atoms in total. The van der Waals surface area contributed by atoms with E-state index in [-0.39, 0.29) is 0 Å². The zero-order chi connectivity index (χ0) is 9.98. The first kappa shape index (κ1) is 13.5. The topological polar surface area (TPSA) is 0 Å². The highest BCUT2D eigenvalue weighted by Crippen LogP contribution is 2.06. The van der Waals surface area contributed by atoms with Gasteiger partial charge in [-0.3, -0.25) is 0 Å². The predicted octanol–water partition coefficient (Wildman–Crippen LogP) is 4.28. The second-order valence-corrected chi connectivity index (χ2v) is 2.09. The monoisotopic (exact) mass is 164 g/mol. The van der Waals surface area contributed by atoms with E-state index < -0.39 is 0 Å². The van der Waals surface area contributed by atoms with Gasteiger partial charge in [-0.2, -0.15) is 0 Å². The molecule has 0 unspecified atom stereocenters. The van der Waals surface area contributed by atoms with Crippen LogP contribution in [-0.4, -0.2) is 0 Å². The van der Waals surface area contributed by atoms with E-state index in [1.54, 1.807) is 6.08 Å². The van der Waals surface area contributed by atoms with Gasteiger partial charge in [0.05, 0.1) is 0 Å². The molecule has 0 amide bonds. The van der Waals surface area contributed by atoms with E-state index in [9.17, 15) is 0 Å². The summed E-state index contributed by atoms with van der Waals surface area (Å²) in [4.78, 5) is 0. The minimum atomic E-state index is 1.04. The standard InChI is InChI=1S/C10H14.C2H6/c1-5-7-8-10(4)9(3)6-2;1-2/h5-8H,1,4H2,2-3H3;1-2H3/b8-7-,9-6-;. The molecule has 0 saturated carbocycles. The average Bonchev–Trinajstić information content (AvgIpc) is 2.16. The van der Waals surface area contributed by atoms with Gasteiger partial charge >= 0.3 is 0 Å². The van der Waals surface area contributed by atoms with Crippen molar-refractivity contribution in [3.63, 3.8) is 0 Å². The van der Waals surface area contributed by atoms with Crippen molar-refractivity contribution in [3.8, 4) is 0 Å². The van der Waals surface area contributed by atoms with Crippen LogP contribution in [0, 0.1) is 0 Å². The Kier molecular flexibility index (Phi) is 11.2. The van der Waals surface area contributed by atoms with Crippen LogP contribution in [0.1, 0.15) is 27.7 Å². The molecule has 0 aliphatic carbocycles. The van der Waals surface area contributed by atoms with E-state index in [0.717, 1.165) is 5.57 Å². The fourth-order valence-electron chi connectivity index (χ4n) is 0.501. The van der Waals surface area contributed by atoms with Crippen LogP contribution in [0.4, 0.5) is 0 Å². The summed E-state index contributed by atoms with van der Waals surface area (Å²) in [6.45, 7) is 15.5. The van der Waals surface area contributed by atoms with Crippen molar-refractivity contribution >= 4 is 0 Å². The summed E-state index contributed by atoms with van der Waals surface area (Å²) in [5.41, 5.74) is 2.25. The van der Waals surface area contributed by atoms with E-state index in [2.05, 4.69) is 13.2 Å². The molecule has 0 atom stereocenters.